The smallest absolute Gasteiger partial charge is 0.195 e. The van der Waals surface area contributed by atoms with Gasteiger partial charge < -0.3 is 9.73 Å². The van der Waals surface area contributed by atoms with Gasteiger partial charge in [-0.15, -0.1) is 0 Å². The van der Waals surface area contributed by atoms with Crippen molar-refractivity contribution in [3.8, 4) is 0 Å². The van der Waals surface area contributed by atoms with E-state index in [1.807, 2.05) is 14.0 Å². The molecule has 2 unspecified atom stereocenters. The Kier molecular flexibility index (Phi) is 4.07. The first-order valence-electron chi connectivity index (χ1n) is 6.36. The standard InChI is InChI=1S/C12H20N2O3S/c1-9(13-2)11-8-14-12(17-11)7-10-5-3-4-6-18(10,15)16/h8-10,13H,3-7H2,1-2H3. The predicted molar refractivity (Wildman–Crippen MR) is 69.1 cm³/mol. The van der Waals surface area contributed by atoms with Crippen molar-refractivity contribution in [3.05, 3.63) is 17.8 Å². The average Bonchev–Trinajstić information content (AvgIpc) is 2.79. The molecule has 2 heterocycles. The Morgan fingerprint density at radius 3 is 3.00 bits per heavy atom. The quantitative estimate of drug-likeness (QED) is 0.898. The fourth-order valence-corrected chi connectivity index (χ4v) is 4.07. The van der Waals surface area contributed by atoms with E-state index < -0.39 is 9.84 Å². The lowest BCUT2D eigenvalue weighted by Crippen LogP contribution is -2.30. The van der Waals surface area contributed by atoms with Crippen molar-refractivity contribution in [3.63, 3.8) is 0 Å². The van der Waals surface area contributed by atoms with E-state index in [9.17, 15) is 8.42 Å². The van der Waals surface area contributed by atoms with Crippen LogP contribution in [-0.4, -0.2) is 31.5 Å². The van der Waals surface area contributed by atoms with Gasteiger partial charge in [0.2, 0.25) is 0 Å². The minimum atomic E-state index is -2.95. The summed E-state index contributed by atoms with van der Waals surface area (Å²) in [5.74, 6) is 1.58. The second kappa shape index (κ2) is 5.40. The highest BCUT2D eigenvalue weighted by molar-refractivity contribution is 7.92. The second-order valence-electron chi connectivity index (χ2n) is 4.86. The van der Waals surface area contributed by atoms with Gasteiger partial charge in [-0.25, -0.2) is 13.4 Å². The van der Waals surface area contributed by atoms with Crippen LogP contribution in [0.4, 0.5) is 0 Å². The van der Waals surface area contributed by atoms with E-state index in [1.54, 1.807) is 6.20 Å². The van der Waals surface area contributed by atoms with Crippen LogP contribution in [0.5, 0.6) is 0 Å². The number of hydrogen-bond donors (Lipinski definition) is 1. The summed E-state index contributed by atoms with van der Waals surface area (Å²) in [5.41, 5.74) is 0. The maximum Gasteiger partial charge on any atom is 0.195 e. The fraction of sp³-hybridized carbons (Fsp3) is 0.750. The molecule has 0 aliphatic carbocycles. The normalized spacial score (nSPS) is 24.9. The second-order valence-corrected chi connectivity index (χ2v) is 7.26. The summed E-state index contributed by atoms with van der Waals surface area (Å²) in [5, 5.41) is 2.75. The molecule has 1 N–H and O–H groups in total. The van der Waals surface area contributed by atoms with E-state index in [0.29, 0.717) is 18.1 Å². The van der Waals surface area contributed by atoms with Crippen molar-refractivity contribution in [2.45, 2.75) is 43.9 Å². The van der Waals surface area contributed by atoms with Crippen LogP contribution in [0.1, 0.15) is 43.9 Å². The van der Waals surface area contributed by atoms with Gasteiger partial charge >= 0.3 is 0 Å². The fourth-order valence-electron chi connectivity index (χ4n) is 2.21. The van der Waals surface area contributed by atoms with Crippen LogP contribution in [0.2, 0.25) is 0 Å². The Labute approximate surface area is 108 Å². The molecule has 1 aliphatic rings. The number of rotatable bonds is 4. The average molecular weight is 272 g/mol. The van der Waals surface area contributed by atoms with Gasteiger partial charge in [-0.3, -0.25) is 0 Å². The highest BCUT2D eigenvalue weighted by Gasteiger charge is 2.30. The van der Waals surface area contributed by atoms with Crippen molar-refractivity contribution in [2.75, 3.05) is 12.8 Å². The first-order chi connectivity index (χ1) is 8.53. The number of aromatic nitrogens is 1. The summed E-state index contributed by atoms with van der Waals surface area (Å²) in [6.45, 7) is 1.97. The molecule has 1 saturated heterocycles. The molecule has 0 bridgehead atoms. The number of hydrogen-bond acceptors (Lipinski definition) is 5. The molecule has 1 aromatic heterocycles. The largest absolute Gasteiger partial charge is 0.444 e. The zero-order chi connectivity index (χ0) is 13.2. The van der Waals surface area contributed by atoms with E-state index in [4.69, 9.17) is 4.42 Å². The number of sulfone groups is 1. The molecular weight excluding hydrogens is 252 g/mol. The predicted octanol–water partition coefficient (Wildman–Crippen LogP) is 1.46. The molecule has 1 fully saturated rings. The molecule has 2 atom stereocenters. The Morgan fingerprint density at radius 1 is 1.56 bits per heavy atom. The summed E-state index contributed by atoms with van der Waals surface area (Å²) in [4.78, 5) is 4.17. The number of oxazole rings is 1. The maximum absolute atomic E-state index is 11.9. The first-order valence-corrected chi connectivity index (χ1v) is 8.08. The van der Waals surface area contributed by atoms with Crippen LogP contribution < -0.4 is 5.32 Å². The lowest BCUT2D eigenvalue weighted by atomic mass is 10.1. The third-order valence-electron chi connectivity index (χ3n) is 3.55. The van der Waals surface area contributed by atoms with Gasteiger partial charge in [-0.05, 0) is 26.8 Å². The molecule has 0 spiro atoms. The highest BCUT2D eigenvalue weighted by Crippen LogP contribution is 2.23. The van der Waals surface area contributed by atoms with E-state index in [1.165, 1.54) is 0 Å². The minimum absolute atomic E-state index is 0.0919. The maximum atomic E-state index is 11.9. The van der Waals surface area contributed by atoms with Crippen LogP contribution in [0.3, 0.4) is 0 Å². The number of nitrogens with one attached hydrogen (secondary N) is 1. The van der Waals surface area contributed by atoms with Gasteiger partial charge in [-0.2, -0.15) is 0 Å². The molecule has 102 valence electrons. The topological polar surface area (TPSA) is 72.2 Å². The summed E-state index contributed by atoms with van der Waals surface area (Å²) < 4.78 is 29.4. The Hall–Kier alpha value is -0.880. The summed E-state index contributed by atoms with van der Waals surface area (Å²) in [7, 11) is -1.11. The third kappa shape index (κ3) is 2.92. The van der Waals surface area contributed by atoms with Crippen LogP contribution in [0.25, 0.3) is 0 Å². The molecule has 6 heteroatoms. The van der Waals surface area contributed by atoms with Gasteiger partial charge in [0.05, 0.1) is 23.2 Å². The van der Waals surface area contributed by atoms with Gasteiger partial charge in [0.15, 0.2) is 15.7 Å². The van der Waals surface area contributed by atoms with Gasteiger partial charge in [0, 0.05) is 6.42 Å². The minimum Gasteiger partial charge on any atom is -0.444 e. The van der Waals surface area contributed by atoms with Crippen molar-refractivity contribution < 1.29 is 12.8 Å². The van der Waals surface area contributed by atoms with E-state index in [0.717, 1.165) is 25.0 Å². The zero-order valence-corrected chi connectivity index (χ0v) is 11.7. The molecule has 5 nitrogen and oxygen atoms in total. The molecule has 0 amide bonds. The molecule has 1 aromatic rings. The summed E-state index contributed by atoms with van der Waals surface area (Å²) >= 11 is 0. The molecule has 0 saturated carbocycles. The van der Waals surface area contributed by atoms with Gasteiger partial charge in [-0.1, -0.05) is 6.42 Å². The summed E-state index contributed by atoms with van der Waals surface area (Å²) in [6.07, 6.45) is 4.56. The Morgan fingerprint density at radius 2 is 2.33 bits per heavy atom. The Balaban J connectivity index is 2.07. The SMILES string of the molecule is CNC(C)c1cnc(CC2CCCCS2(=O)=O)o1. The zero-order valence-electron chi connectivity index (χ0n) is 10.8. The first kappa shape index (κ1) is 13.5. The lowest BCUT2D eigenvalue weighted by Gasteiger charge is -2.20. The molecule has 1 aliphatic heterocycles. The third-order valence-corrected chi connectivity index (χ3v) is 5.82. The van der Waals surface area contributed by atoms with E-state index in [-0.39, 0.29) is 11.3 Å². The lowest BCUT2D eigenvalue weighted by molar-refractivity contribution is 0.405. The van der Waals surface area contributed by atoms with Crippen molar-refractivity contribution in [1.82, 2.24) is 10.3 Å². The van der Waals surface area contributed by atoms with E-state index >= 15 is 0 Å². The van der Waals surface area contributed by atoms with E-state index in [2.05, 4.69) is 10.3 Å². The molecular formula is C12H20N2O3S. The van der Waals surface area contributed by atoms with Crippen molar-refractivity contribution >= 4 is 9.84 Å². The molecule has 0 aromatic carbocycles. The van der Waals surface area contributed by atoms with Crippen LogP contribution in [0, 0.1) is 0 Å². The number of nitrogens with zero attached hydrogens (tertiary/aromatic N) is 1. The monoisotopic (exact) mass is 272 g/mol. The van der Waals surface area contributed by atoms with Gasteiger partial charge in [0.25, 0.3) is 0 Å². The Bertz CT molecular complexity index is 495. The van der Waals surface area contributed by atoms with Crippen LogP contribution in [0.15, 0.2) is 10.6 Å². The molecule has 0 radical (unpaired) electrons. The van der Waals surface area contributed by atoms with Crippen LogP contribution in [-0.2, 0) is 16.3 Å². The van der Waals surface area contributed by atoms with Crippen molar-refractivity contribution in [2.24, 2.45) is 0 Å². The highest BCUT2D eigenvalue weighted by atomic mass is 32.2. The molecule has 18 heavy (non-hydrogen) atoms. The molecule has 2 rings (SSSR count). The van der Waals surface area contributed by atoms with Crippen molar-refractivity contribution in [1.29, 1.82) is 0 Å². The van der Waals surface area contributed by atoms with Gasteiger partial charge in [0.1, 0.15) is 5.76 Å². The summed E-state index contributed by atoms with van der Waals surface area (Å²) in [6, 6.07) is 0.0919. The van der Waals surface area contributed by atoms with Crippen LogP contribution >= 0.6 is 0 Å².